The van der Waals surface area contributed by atoms with E-state index in [-0.39, 0.29) is 6.54 Å². The first-order valence-electron chi connectivity index (χ1n) is 6.22. The van der Waals surface area contributed by atoms with E-state index in [0.717, 1.165) is 11.1 Å². The molecule has 2 N–H and O–H groups in total. The van der Waals surface area contributed by atoms with Crippen molar-refractivity contribution in [3.05, 3.63) is 59.5 Å². The third-order valence-electron chi connectivity index (χ3n) is 2.91. The summed E-state index contributed by atoms with van der Waals surface area (Å²) in [4.78, 5) is 9.17. The second kappa shape index (κ2) is 5.99. The molecule has 0 unspecified atom stereocenters. The van der Waals surface area contributed by atoms with E-state index in [1.54, 1.807) is 6.08 Å². The third kappa shape index (κ3) is 2.64. The largest absolute Gasteiger partial charge is 0.325 e. The molecule has 0 fully saturated rings. The van der Waals surface area contributed by atoms with Crippen molar-refractivity contribution in [1.82, 2.24) is 9.97 Å². The van der Waals surface area contributed by atoms with Gasteiger partial charge in [-0.1, -0.05) is 43.0 Å². The van der Waals surface area contributed by atoms with Crippen molar-refractivity contribution in [2.75, 3.05) is 0 Å². The van der Waals surface area contributed by atoms with Crippen LogP contribution in [0.25, 0.3) is 22.9 Å². The van der Waals surface area contributed by atoms with Gasteiger partial charge in [-0.2, -0.15) is 0 Å². The van der Waals surface area contributed by atoms with Crippen molar-refractivity contribution < 1.29 is 0 Å². The van der Waals surface area contributed by atoms with Crippen molar-refractivity contribution in [3.8, 4) is 11.3 Å². The maximum absolute atomic E-state index is 6.24. The molecule has 2 aromatic rings. The Hall–Kier alpha value is -1.97. The zero-order valence-electron chi connectivity index (χ0n) is 11.4. The smallest absolute Gasteiger partial charge is 0.0953 e. The summed E-state index contributed by atoms with van der Waals surface area (Å²) >= 11 is 6.24. The Labute approximate surface area is 123 Å². The molecule has 3 nitrogen and oxygen atoms in total. The molecule has 0 bridgehead atoms. The maximum Gasteiger partial charge on any atom is 0.0953 e. The van der Waals surface area contributed by atoms with Crippen LogP contribution in [0.5, 0.6) is 0 Å². The lowest BCUT2D eigenvalue weighted by Gasteiger charge is -2.13. The zero-order chi connectivity index (χ0) is 14.7. The molecule has 0 aliphatic rings. The number of allylic oxidation sites excluding steroid dienone is 1. The van der Waals surface area contributed by atoms with Gasteiger partial charge in [-0.05, 0) is 24.6 Å². The Kier molecular flexibility index (Phi) is 4.32. The maximum atomic E-state index is 6.24. The first-order chi connectivity index (χ1) is 9.58. The Bertz CT molecular complexity index is 677. The van der Waals surface area contributed by atoms with Gasteiger partial charge in [0.25, 0.3) is 0 Å². The minimum atomic E-state index is 0.283. The quantitative estimate of drug-likeness (QED) is 0.926. The van der Waals surface area contributed by atoms with Crippen molar-refractivity contribution in [2.24, 2.45) is 5.73 Å². The number of halogens is 1. The Morgan fingerprint density at radius 1 is 1.35 bits per heavy atom. The molecule has 0 radical (unpaired) electrons. The van der Waals surface area contributed by atoms with Gasteiger partial charge in [0.15, 0.2) is 0 Å². The topological polar surface area (TPSA) is 51.8 Å². The summed E-state index contributed by atoms with van der Waals surface area (Å²) < 4.78 is 0. The molecule has 0 spiro atoms. The van der Waals surface area contributed by atoms with Gasteiger partial charge in [-0.3, -0.25) is 0 Å². The van der Waals surface area contributed by atoms with Crippen LogP contribution in [0.15, 0.2) is 37.4 Å². The molecule has 0 aliphatic heterocycles. The van der Waals surface area contributed by atoms with Crippen LogP contribution in [-0.4, -0.2) is 9.97 Å². The number of hydrogen-bond donors (Lipinski definition) is 1. The van der Waals surface area contributed by atoms with E-state index in [9.17, 15) is 0 Å². The van der Waals surface area contributed by atoms with E-state index < -0.39 is 0 Å². The van der Waals surface area contributed by atoms with Crippen LogP contribution in [0, 0.1) is 0 Å². The fraction of sp³-hybridized carbons (Fsp3) is 0.125. The monoisotopic (exact) mass is 285 g/mol. The van der Waals surface area contributed by atoms with Crippen LogP contribution in [-0.2, 0) is 6.54 Å². The lowest BCUT2D eigenvalue weighted by Crippen LogP contribution is -2.08. The molecule has 1 aromatic heterocycles. The minimum absolute atomic E-state index is 0.283. The summed E-state index contributed by atoms with van der Waals surface area (Å²) in [7, 11) is 0. The Balaban J connectivity index is 2.75. The summed E-state index contributed by atoms with van der Waals surface area (Å²) in [6, 6.07) is 7.51. The van der Waals surface area contributed by atoms with E-state index in [0.29, 0.717) is 27.8 Å². The van der Waals surface area contributed by atoms with Crippen LogP contribution in [0.2, 0.25) is 5.02 Å². The number of hydrogen-bond acceptors (Lipinski definition) is 3. The second-order valence-electron chi connectivity index (χ2n) is 4.42. The highest BCUT2D eigenvalue weighted by Gasteiger charge is 2.15. The molecule has 2 rings (SSSR count). The van der Waals surface area contributed by atoms with Crippen molar-refractivity contribution in [2.45, 2.75) is 13.5 Å². The second-order valence-corrected chi connectivity index (χ2v) is 4.83. The molecule has 1 aromatic carbocycles. The number of nitrogens with zero attached hydrogens (tertiary/aromatic N) is 2. The summed E-state index contributed by atoms with van der Waals surface area (Å²) in [6.45, 7) is 9.86. The van der Waals surface area contributed by atoms with Gasteiger partial charge in [0.05, 0.1) is 27.8 Å². The van der Waals surface area contributed by atoms with Gasteiger partial charge >= 0.3 is 0 Å². The van der Waals surface area contributed by atoms with Gasteiger partial charge in [0, 0.05) is 12.1 Å². The minimum Gasteiger partial charge on any atom is -0.325 e. The molecule has 0 amide bonds. The van der Waals surface area contributed by atoms with Crippen molar-refractivity contribution in [1.29, 1.82) is 0 Å². The lowest BCUT2D eigenvalue weighted by molar-refractivity contribution is 0.956. The predicted octanol–water partition coefficient (Wildman–Crippen LogP) is 3.93. The number of benzene rings is 1. The standard InChI is InChI=1S/C16H16ClN3/c1-4-13-15(10(2)3)20-16(14(9-18)19-13)11-7-5-6-8-12(11)17/h4-8H,1-2,9,18H2,3H3. The average molecular weight is 286 g/mol. The third-order valence-corrected chi connectivity index (χ3v) is 3.24. The van der Waals surface area contributed by atoms with Gasteiger partial charge in [-0.15, -0.1) is 0 Å². The molecule has 0 saturated heterocycles. The molecule has 1 heterocycles. The fourth-order valence-electron chi connectivity index (χ4n) is 1.95. The predicted molar refractivity (Wildman–Crippen MR) is 85.2 cm³/mol. The van der Waals surface area contributed by atoms with Gasteiger partial charge in [0.1, 0.15) is 0 Å². The van der Waals surface area contributed by atoms with Gasteiger partial charge in [0.2, 0.25) is 0 Å². The van der Waals surface area contributed by atoms with Gasteiger partial charge in [-0.25, -0.2) is 9.97 Å². The van der Waals surface area contributed by atoms with E-state index in [1.165, 1.54) is 0 Å². The van der Waals surface area contributed by atoms with Crippen LogP contribution >= 0.6 is 11.6 Å². The SMILES string of the molecule is C=Cc1nc(CN)c(-c2ccccc2Cl)nc1C(=C)C. The molecule has 102 valence electrons. The van der Waals surface area contributed by atoms with Crippen LogP contribution < -0.4 is 5.73 Å². The number of aromatic nitrogens is 2. The highest BCUT2D eigenvalue weighted by Crippen LogP contribution is 2.30. The van der Waals surface area contributed by atoms with E-state index in [2.05, 4.69) is 23.1 Å². The normalized spacial score (nSPS) is 10.3. The summed E-state index contributed by atoms with van der Waals surface area (Å²) in [5, 5.41) is 0.621. The summed E-state index contributed by atoms with van der Waals surface area (Å²) in [5.74, 6) is 0. The van der Waals surface area contributed by atoms with Crippen molar-refractivity contribution >= 4 is 23.3 Å². The average Bonchev–Trinajstić information content (AvgIpc) is 2.46. The molecule has 20 heavy (non-hydrogen) atoms. The summed E-state index contributed by atoms with van der Waals surface area (Å²) in [6.07, 6.45) is 1.66. The van der Waals surface area contributed by atoms with E-state index in [1.807, 2.05) is 31.2 Å². The van der Waals surface area contributed by atoms with Crippen molar-refractivity contribution in [3.63, 3.8) is 0 Å². The van der Waals surface area contributed by atoms with Gasteiger partial charge < -0.3 is 5.73 Å². The molecule has 4 heteroatoms. The number of rotatable bonds is 4. The Morgan fingerprint density at radius 2 is 2.05 bits per heavy atom. The highest BCUT2D eigenvalue weighted by atomic mass is 35.5. The molecule has 0 aliphatic carbocycles. The Morgan fingerprint density at radius 3 is 2.60 bits per heavy atom. The van der Waals surface area contributed by atoms with E-state index in [4.69, 9.17) is 17.3 Å². The van der Waals surface area contributed by atoms with Crippen LogP contribution in [0.1, 0.15) is 24.0 Å². The number of nitrogens with two attached hydrogens (primary N) is 1. The molecular weight excluding hydrogens is 270 g/mol. The van der Waals surface area contributed by atoms with Crippen LogP contribution in [0.3, 0.4) is 0 Å². The van der Waals surface area contributed by atoms with E-state index >= 15 is 0 Å². The first kappa shape index (κ1) is 14.4. The molecule has 0 saturated carbocycles. The fourth-order valence-corrected chi connectivity index (χ4v) is 2.18. The summed E-state index contributed by atoms with van der Waals surface area (Å²) in [5.41, 5.74) is 10.2. The highest BCUT2D eigenvalue weighted by molar-refractivity contribution is 6.33. The molecular formula is C16H16ClN3. The lowest BCUT2D eigenvalue weighted by atomic mass is 10.1. The van der Waals surface area contributed by atoms with Crippen LogP contribution in [0.4, 0.5) is 0 Å². The first-order valence-corrected chi connectivity index (χ1v) is 6.60. The molecule has 0 atom stereocenters. The zero-order valence-corrected chi connectivity index (χ0v) is 12.1.